The molecule has 0 saturated heterocycles. The van der Waals surface area contributed by atoms with Gasteiger partial charge in [-0.15, -0.1) is 0 Å². The van der Waals surface area contributed by atoms with Gasteiger partial charge < -0.3 is 4.90 Å². The first-order chi connectivity index (χ1) is 6.77. The van der Waals surface area contributed by atoms with Gasteiger partial charge in [-0.05, 0) is 25.7 Å². The van der Waals surface area contributed by atoms with Crippen molar-refractivity contribution >= 4 is 5.91 Å². The summed E-state index contributed by atoms with van der Waals surface area (Å²) in [6.07, 6.45) is 4.49. The van der Waals surface area contributed by atoms with E-state index in [1.54, 1.807) is 4.90 Å². The maximum Gasteiger partial charge on any atom is 0.273 e. The van der Waals surface area contributed by atoms with Gasteiger partial charge in [0, 0.05) is 12.6 Å². The second-order valence-electron chi connectivity index (χ2n) is 4.13. The molecule has 3 rings (SSSR count). The van der Waals surface area contributed by atoms with Gasteiger partial charge in [-0.25, -0.2) is 4.68 Å². The maximum absolute atomic E-state index is 11.8. The lowest BCUT2D eigenvalue weighted by atomic mass is 9.96. The van der Waals surface area contributed by atoms with E-state index in [2.05, 4.69) is 5.10 Å². The Morgan fingerprint density at radius 3 is 2.93 bits per heavy atom. The Hall–Kier alpha value is -1.32. The fraction of sp³-hybridized carbons (Fsp3) is 0.600. The molecule has 0 radical (unpaired) electrons. The molecular formula is C10H13N3O. The number of nitrogens with zero attached hydrogens (tertiary/aromatic N) is 3. The number of amides is 1. The molecule has 2 heterocycles. The lowest BCUT2D eigenvalue weighted by Crippen LogP contribution is -2.20. The van der Waals surface area contributed by atoms with Crippen molar-refractivity contribution in [2.45, 2.75) is 32.4 Å². The summed E-state index contributed by atoms with van der Waals surface area (Å²) < 4.78 is 1.86. The monoisotopic (exact) mass is 191 g/mol. The van der Waals surface area contributed by atoms with Crippen LogP contribution in [0.3, 0.4) is 0 Å². The van der Waals surface area contributed by atoms with E-state index in [4.69, 9.17) is 0 Å². The van der Waals surface area contributed by atoms with Gasteiger partial charge in [0.05, 0.1) is 5.69 Å². The molecule has 0 N–H and O–H groups in total. The molecule has 0 aromatic carbocycles. The molecule has 0 spiro atoms. The summed E-state index contributed by atoms with van der Waals surface area (Å²) in [6, 6.07) is 0. The van der Waals surface area contributed by atoms with E-state index in [9.17, 15) is 4.79 Å². The molecule has 0 atom stereocenters. The van der Waals surface area contributed by atoms with E-state index in [1.807, 2.05) is 11.7 Å². The van der Waals surface area contributed by atoms with Gasteiger partial charge in [0.1, 0.15) is 12.4 Å². The van der Waals surface area contributed by atoms with Gasteiger partial charge in [0.25, 0.3) is 5.91 Å². The van der Waals surface area contributed by atoms with Crippen LogP contribution in [0.4, 0.5) is 0 Å². The van der Waals surface area contributed by atoms with E-state index in [0.717, 1.165) is 24.2 Å². The number of hydrogen-bond acceptors (Lipinski definition) is 2. The smallest absolute Gasteiger partial charge is 0.273 e. The lowest BCUT2D eigenvalue weighted by molar-refractivity contribution is 0.0807. The highest BCUT2D eigenvalue weighted by atomic mass is 16.2. The molecular weight excluding hydrogens is 178 g/mol. The predicted molar refractivity (Wildman–Crippen MR) is 51.0 cm³/mol. The Balaban J connectivity index is 2.15. The third-order valence-electron chi connectivity index (χ3n) is 3.12. The fourth-order valence-electron chi connectivity index (χ4n) is 2.39. The molecule has 1 aliphatic carbocycles. The minimum atomic E-state index is 0.139. The van der Waals surface area contributed by atoms with Crippen molar-refractivity contribution in [2.24, 2.45) is 0 Å². The van der Waals surface area contributed by atoms with E-state index in [1.165, 1.54) is 18.4 Å². The molecule has 0 bridgehead atoms. The molecule has 0 unspecified atom stereocenters. The minimum absolute atomic E-state index is 0.139. The first kappa shape index (κ1) is 8.03. The van der Waals surface area contributed by atoms with Crippen LogP contribution in [0.2, 0.25) is 0 Å². The van der Waals surface area contributed by atoms with Crippen molar-refractivity contribution in [3.05, 3.63) is 17.0 Å². The highest BCUT2D eigenvalue weighted by Gasteiger charge is 2.32. The quantitative estimate of drug-likeness (QED) is 0.608. The van der Waals surface area contributed by atoms with Crippen molar-refractivity contribution in [1.29, 1.82) is 0 Å². The maximum atomic E-state index is 11.8. The van der Waals surface area contributed by atoms with Gasteiger partial charge >= 0.3 is 0 Å². The number of carbonyl (C=O) groups excluding carboxylic acids is 1. The molecule has 2 aliphatic rings. The summed E-state index contributed by atoms with van der Waals surface area (Å²) in [4.78, 5) is 13.5. The predicted octanol–water partition coefficient (Wildman–Crippen LogP) is 0.805. The normalized spacial score (nSPS) is 19.8. The van der Waals surface area contributed by atoms with Crippen molar-refractivity contribution in [3.63, 3.8) is 0 Å². The first-order valence-electron chi connectivity index (χ1n) is 5.11. The molecule has 1 aliphatic heterocycles. The zero-order valence-electron chi connectivity index (χ0n) is 8.29. The van der Waals surface area contributed by atoms with Crippen LogP contribution in [-0.2, 0) is 19.5 Å². The number of carbonyl (C=O) groups is 1. The van der Waals surface area contributed by atoms with Crippen molar-refractivity contribution < 1.29 is 4.79 Å². The number of aromatic nitrogens is 2. The highest BCUT2D eigenvalue weighted by Crippen LogP contribution is 2.27. The second-order valence-corrected chi connectivity index (χ2v) is 4.13. The van der Waals surface area contributed by atoms with Crippen molar-refractivity contribution in [3.8, 4) is 0 Å². The molecule has 0 saturated carbocycles. The summed E-state index contributed by atoms with van der Waals surface area (Å²) in [5.74, 6) is 0.139. The Morgan fingerprint density at radius 1 is 1.29 bits per heavy atom. The first-order valence-corrected chi connectivity index (χ1v) is 5.11. The van der Waals surface area contributed by atoms with Gasteiger partial charge in [0.2, 0.25) is 0 Å². The van der Waals surface area contributed by atoms with E-state index >= 15 is 0 Å². The molecule has 1 amide bonds. The summed E-state index contributed by atoms with van der Waals surface area (Å²) in [5, 5.41) is 4.49. The van der Waals surface area contributed by atoms with Crippen molar-refractivity contribution in [1.82, 2.24) is 14.7 Å². The van der Waals surface area contributed by atoms with Crippen LogP contribution in [0.5, 0.6) is 0 Å². The van der Waals surface area contributed by atoms with E-state index < -0.39 is 0 Å². The summed E-state index contributed by atoms with van der Waals surface area (Å²) in [5.41, 5.74) is 3.22. The third kappa shape index (κ3) is 0.882. The van der Waals surface area contributed by atoms with Crippen LogP contribution in [0.25, 0.3) is 0 Å². The summed E-state index contributed by atoms with van der Waals surface area (Å²) in [7, 11) is 1.83. The van der Waals surface area contributed by atoms with Gasteiger partial charge in [-0.1, -0.05) is 0 Å². The summed E-state index contributed by atoms with van der Waals surface area (Å²) in [6.45, 7) is 0.626. The summed E-state index contributed by atoms with van der Waals surface area (Å²) >= 11 is 0. The molecule has 0 fully saturated rings. The van der Waals surface area contributed by atoms with Crippen LogP contribution in [0.1, 0.15) is 34.6 Å². The topological polar surface area (TPSA) is 38.1 Å². The fourth-order valence-corrected chi connectivity index (χ4v) is 2.39. The molecule has 14 heavy (non-hydrogen) atoms. The molecule has 4 nitrogen and oxygen atoms in total. The SMILES string of the molecule is CN1Cn2nc3c(c2C1=O)CCCC3. The second kappa shape index (κ2) is 2.59. The average Bonchev–Trinajstić information content (AvgIpc) is 2.65. The van der Waals surface area contributed by atoms with Crippen LogP contribution >= 0.6 is 0 Å². The Kier molecular flexibility index (Phi) is 1.48. The molecule has 1 aromatic rings. The number of aryl methyl sites for hydroxylation is 1. The van der Waals surface area contributed by atoms with Gasteiger partial charge in [-0.3, -0.25) is 4.79 Å². The molecule has 74 valence electrons. The molecule has 4 heteroatoms. The standard InChI is InChI=1S/C10H13N3O/c1-12-6-13-9(10(12)14)7-4-2-3-5-8(7)11-13/h2-6H2,1H3. The Bertz CT molecular complexity index is 408. The third-order valence-corrected chi connectivity index (χ3v) is 3.12. The molecule has 1 aromatic heterocycles. The zero-order valence-corrected chi connectivity index (χ0v) is 8.29. The van der Waals surface area contributed by atoms with Crippen LogP contribution in [0, 0.1) is 0 Å². The average molecular weight is 191 g/mol. The van der Waals surface area contributed by atoms with E-state index in [-0.39, 0.29) is 5.91 Å². The van der Waals surface area contributed by atoms with Crippen LogP contribution in [-0.4, -0.2) is 27.6 Å². The largest absolute Gasteiger partial charge is 0.321 e. The Morgan fingerprint density at radius 2 is 2.07 bits per heavy atom. The highest BCUT2D eigenvalue weighted by molar-refractivity contribution is 5.95. The number of fused-ring (bicyclic) bond motifs is 3. The van der Waals surface area contributed by atoms with Crippen LogP contribution < -0.4 is 0 Å². The van der Waals surface area contributed by atoms with Crippen LogP contribution in [0.15, 0.2) is 0 Å². The zero-order chi connectivity index (χ0) is 9.71. The lowest BCUT2D eigenvalue weighted by Gasteiger charge is -2.11. The number of hydrogen-bond donors (Lipinski definition) is 0. The number of rotatable bonds is 0. The Labute approximate surface area is 82.5 Å². The van der Waals surface area contributed by atoms with Gasteiger partial charge in [0.15, 0.2) is 0 Å². The minimum Gasteiger partial charge on any atom is -0.321 e. The van der Waals surface area contributed by atoms with Crippen molar-refractivity contribution in [2.75, 3.05) is 7.05 Å². The van der Waals surface area contributed by atoms with E-state index in [0.29, 0.717) is 6.67 Å². The van der Waals surface area contributed by atoms with Gasteiger partial charge in [-0.2, -0.15) is 5.10 Å².